The van der Waals surface area contributed by atoms with E-state index in [2.05, 4.69) is 6.92 Å². The molecule has 0 aliphatic rings. The van der Waals surface area contributed by atoms with Gasteiger partial charge in [-0.3, -0.25) is 6.29 Å². The fourth-order valence-corrected chi connectivity index (χ4v) is 2.57. The van der Waals surface area contributed by atoms with Crippen molar-refractivity contribution in [2.75, 3.05) is 0 Å². The molecule has 0 saturated heterocycles. The molecule has 0 saturated carbocycles. The Morgan fingerprint density at radius 3 is 0.875 bits per heavy atom. The zero-order valence-corrected chi connectivity index (χ0v) is 24.2. The summed E-state index contributed by atoms with van der Waals surface area (Å²) in [6, 6.07) is 0. The van der Waals surface area contributed by atoms with Crippen LogP contribution < -0.4 is 15.3 Å². The molecule has 4 nitrogen and oxygen atoms in total. The van der Waals surface area contributed by atoms with Crippen molar-refractivity contribution in [2.45, 2.75) is 170 Å². The number of hydrogen-bond donors (Lipinski definition) is 0. The maximum Gasteiger partial charge on any atom is 4.00 e. The minimum Gasteiger partial charge on any atom is -0.852 e. The maximum absolute atomic E-state index is 10.0. The Morgan fingerprint density at radius 1 is 0.500 bits per heavy atom. The predicted octanol–water partition coefficient (Wildman–Crippen LogP) is 5.62. The van der Waals surface area contributed by atoms with Crippen LogP contribution in [0.25, 0.3) is 0 Å². The van der Waals surface area contributed by atoms with Gasteiger partial charge in [-0.05, 0) is 0 Å². The monoisotopic (exact) mass is 492 g/mol. The molecule has 0 bridgehead atoms. The van der Waals surface area contributed by atoms with Gasteiger partial charge in [0.2, 0.25) is 0 Å². The molecular weight excluding hydrogens is 436 g/mol. The Balaban J connectivity index is -0.000000154. The summed E-state index contributed by atoms with van der Waals surface area (Å²) >= 11 is 0. The van der Waals surface area contributed by atoms with E-state index in [-0.39, 0.29) is 21.7 Å². The summed E-state index contributed by atoms with van der Waals surface area (Å²) in [6.45, 7) is 11.9. The van der Waals surface area contributed by atoms with Crippen LogP contribution in [0, 0.1) is 0 Å². The van der Waals surface area contributed by atoms with E-state index in [1.807, 2.05) is 6.29 Å². The van der Waals surface area contributed by atoms with Gasteiger partial charge in [0.05, 0.1) is 0 Å². The van der Waals surface area contributed by atoms with Gasteiger partial charge in [0, 0.05) is 0 Å². The first-order valence-electron chi connectivity index (χ1n) is 12.9. The first-order valence-corrected chi connectivity index (χ1v) is 12.9. The van der Waals surface area contributed by atoms with E-state index in [0.717, 1.165) is 6.42 Å². The largest absolute Gasteiger partial charge is 4.00 e. The molecule has 0 radical (unpaired) electrons. The van der Waals surface area contributed by atoms with Crippen LogP contribution in [0.4, 0.5) is 0 Å². The Hall–Kier alpha value is 0.264. The molecule has 0 aromatic rings. The number of unbranched alkanes of at least 4 members (excludes halogenated alkanes) is 15. The average Bonchev–Trinajstić information content (AvgIpc) is 2.63. The van der Waals surface area contributed by atoms with Gasteiger partial charge >= 0.3 is 21.7 Å². The van der Waals surface area contributed by atoms with Gasteiger partial charge in [-0.15, -0.1) is 18.3 Å². The molecule has 0 unspecified atom stereocenters. The number of rotatable bonds is 16. The van der Waals surface area contributed by atoms with Crippen LogP contribution >= 0.6 is 0 Å². The molecule has 5 heteroatoms. The summed E-state index contributed by atoms with van der Waals surface area (Å²) in [7, 11) is 0. The van der Waals surface area contributed by atoms with Crippen LogP contribution in [0.3, 0.4) is 0 Å². The number of hydrogen-bond acceptors (Lipinski definition) is 4. The molecule has 0 rings (SSSR count). The van der Waals surface area contributed by atoms with Gasteiger partial charge in [0.25, 0.3) is 0 Å². The topological polar surface area (TPSA) is 86.2 Å². The quantitative estimate of drug-likeness (QED) is 0.159. The molecule has 0 aliphatic heterocycles. The molecule has 0 N–H and O–H groups in total. The Kier molecular flexibility index (Phi) is 55.0. The molecule has 0 aromatic carbocycles. The van der Waals surface area contributed by atoms with Gasteiger partial charge in [-0.1, -0.05) is 145 Å². The third kappa shape index (κ3) is 98.0. The summed E-state index contributed by atoms with van der Waals surface area (Å²) in [5, 5.41) is 28.6. The second-order valence-electron chi connectivity index (χ2n) is 8.99. The van der Waals surface area contributed by atoms with Crippen molar-refractivity contribution in [3.63, 3.8) is 0 Å². The first-order chi connectivity index (χ1) is 14.6. The fraction of sp³-hybridized carbons (Fsp3) is 0.963. The molecule has 0 fully saturated rings. The predicted molar refractivity (Wildman–Crippen MR) is 131 cm³/mol. The first kappa shape index (κ1) is 42.4. The van der Waals surface area contributed by atoms with Crippen molar-refractivity contribution in [1.82, 2.24) is 0 Å². The average molecular weight is 493 g/mol. The molecule has 0 amide bonds. The van der Waals surface area contributed by atoms with E-state index in [1.54, 1.807) is 41.5 Å². The van der Waals surface area contributed by atoms with E-state index in [4.69, 9.17) is 0 Å². The molecule has 0 atom stereocenters. The normalized spacial score (nSPS) is 9.78. The van der Waals surface area contributed by atoms with Gasteiger partial charge in [0.1, 0.15) is 0 Å². The Bertz CT molecular complexity index is 262. The summed E-state index contributed by atoms with van der Waals surface area (Å²) in [4.78, 5) is 10.0. The molecule has 0 aliphatic carbocycles. The summed E-state index contributed by atoms with van der Waals surface area (Å²) < 4.78 is 0. The molecule has 0 aromatic heterocycles. The zero-order chi connectivity index (χ0) is 24.8. The zero-order valence-electron chi connectivity index (χ0n) is 22.7. The molecule has 0 spiro atoms. The van der Waals surface area contributed by atoms with Crippen LogP contribution in [0.5, 0.6) is 0 Å². The molecule has 0 heterocycles. The van der Waals surface area contributed by atoms with E-state index in [9.17, 15) is 20.1 Å². The molecule has 32 heavy (non-hydrogen) atoms. The van der Waals surface area contributed by atoms with Gasteiger partial charge < -0.3 is 20.1 Å². The van der Waals surface area contributed by atoms with Crippen LogP contribution in [0.2, 0.25) is 0 Å². The Morgan fingerprint density at radius 2 is 0.688 bits per heavy atom. The maximum atomic E-state index is 10.0. The number of carbonyl (C=O) groups excluding carboxylic acids is 1. The summed E-state index contributed by atoms with van der Waals surface area (Å²) in [5.41, 5.74) is 0. The third-order valence-electron chi connectivity index (χ3n) is 3.88. The standard InChI is InChI=1S/C18H35O.3C3H7O.Ti/c1-2-3-4-5-6-7-8-9-10-11-12-13-14-15-16-17-18-19;3*1-3(2)4;/h2-17H2,1H3;3*3H,1-2H3;/q4*-1;+4. The van der Waals surface area contributed by atoms with E-state index < -0.39 is 18.3 Å². The van der Waals surface area contributed by atoms with Crippen LogP contribution in [-0.4, -0.2) is 24.6 Å². The van der Waals surface area contributed by atoms with Crippen LogP contribution in [0.15, 0.2) is 0 Å². The van der Waals surface area contributed by atoms with E-state index in [0.29, 0.717) is 6.42 Å². The second-order valence-corrected chi connectivity index (χ2v) is 8.99. The summed E-state index contributed by atoms with van der Waals surface area (Å²) in [5.74, 6) is 0. The van der Waals surface area contributed by atoms with E-state index >= 15 is 0 Å². The van der Waals surface area contributed by atoms with Gasteiger partial charge in [0.15, 0.2) is 0 Å². The molecular formula is C27H56O4Ti. The van der Waals surface area contributed by atoms with Crippen molar-refractivity contribution >= 4 is 6.29 Å². The van der Waals surface area contributed by atoms with Gasteiger partial charge in [-0.2, -0.15) is 6.42 Å². The van der Waals surface area contributed by atoms with E-state index in [1.165, 1.54) is 89.9 Å². The van der Waals surface area contributed by atoms with Crippen molar-refractivity contribution in [3.05, 3.63) is 0 Å². The van der Waals surface area contributed by atoms with Gasteiger partial charge in [-0.25, -0.2) is 0 Å². The minimum absolute atomic E-state index is 0. The van der Waals surface area contributed by atoms with Crippen molar-refractivity contribution < 1.29 is 41.8 Å². The smallest absolute Gasteiger partial charge is 0.852 e. The second kappa shape index (κ2) is 41.5. The minimum atomic E-state index is -0.417. The summed E-state index contributed by atoms with van der Waals surface area (Å²) in [6.07, 6.45) is 22.0. The molecule has 192 valence electrons. The van der Waals surface area contributed by atoms with Crippen molar-refractivity contribution in [2.24, 2.45) is 0 Å². The fourth-order valence-electron chi connectivity index (χ4n) is 2.57. The van der Waals surface area contributed by atoms with Crippen molar-refractivity contribution in [1.29, 1.82) is 0 Å². The SMILES string of the molecule is CC(C)[O-].CC(C)[O-].CC(C)[O-].CCCCCCCCCCCCCCCCC[C-]=O.[Ti+4]. The van der Waals surface area contributed by atoms with Crippen LogP contribution in [0.1, 0.15) is 151 Å². The third-order valence-corrected chi connectivity index (χ3v) is 3.88. The van der Waals surface area contributed by atoms with Crippen molar-refractivity contribution in [3.8, 4) is 0 Å². The van der Waals surface area contributed by atoms with Crippen LogP contribution in [-0.2, 0) is 26.5 Å². The Labute approximate surface area is 217 Å².